The smallest absolute Gasteiger partial charge is 0.326 e. The summed E-state index contributed by atoms with van der Waals surface area (Å²) in [5.74, 6) is 0. The largest absolute Gasteiger partial charge is 0.338 e. The van der Waals surface area contributed by atoms with Crippen LogP contribution in [0.1, 0.15) is 0 Å². The van der Waals surface area contributed by atoms with Crippen molar-refractivity contribution >= 4 is 50.5 Å². The van der Waals surface area contributed by atoms with Crippen LogP contribution in [0.4, 0.5) is 16.2 Å². The van der Waals surface area contributed by atoms with Gasteiger partial charge in [0.05, 0.1) is 11.0 Å². The van der Waals surface area contributed by atoms with E-state index in [9.17, 15) is 4.79 Å². The van der Waals surface area contributed by atoms with E-state index in [1.54, 1.807) is 11.9 Å². The molecule has 0 bridgehead atoms. The zero-order valence-electron chi connectivity index (χ0n) is 15.2. The molecule has 3 aromatic carbocycles. The summed E-state index contributed by atoms with van der Waals surface area (Å²) in [6.07, 6.45) is 0. The van der Waals surface area contributed by atoms with Crippen LogP contribution < -0.4 is 10.2 Å². The number of fused-ring (bicyclic) bond motifs is 4. The van der Waals surface area contributed by atoms with Crippen LogP contribution >= 0.6 is 0 Å². The Hall–Kier alpha value is -3.93. The van der Waals surface area contributed by atoms with Gasteiger partial charge in [-0.1, -0.05) is 30.3 Å². The minimum absolute atomic E-state index is 0.207. The quantitative estimate of drug-likeness (QED) is 0.464. The van der Waals surface area contributed by atoms with Crippen LogP contribution in [-0.4, -0.2) is 28.0 Å². The van der Waals surface area contributed by atoms with E-state index in [1.807, 2.05) is 72.8 Å². The van der Waals surface area contributed by atoms with Gasteiger partial charge in [0.15, 0.2) is 5.65 Å². The number of amides is 2. The molecule has 0 saturated carbocycles. The number of nitrogens with zero attached hydrogens (tertiary/aromatic N) is 3. The van der Waals surface area contributed by atoms with Crippen LogP contribution in [0.5, 0.6) is 0 Å². The molecule has 2 aromatic heterocycles. The molecule has 0 saturated heterocycles. The fraction of sp³-hybridized carbons (Fsp3) is 0.0455. The SMILES string of the molecule is CN(C(=O)Nc1ccc2[nH]c3nc4ccccc4nc3c2c1)c1ccccc1. The molecule has 0 aliphatic heterocycles. The number of benzene rings is 3. The lowest BCUT2D eigenvalue weighted by Crippen LogP contribution is -2.31. The van der Waals surface area contributed by atoms with Gasteiger partial charge in [0.2, 0.25) is 0 Å². The first kappa shape index (κ1) is 16.3. The maximum Gasteiger partial charge on any atom is 0.326 e. The van der Waals surface area contributed by atoms with Crippen molar-refractivity contribution in [2.24, 2.45) is 0 Å². The van der Waals surface area contributed by atoms with Gasteiger partial charge in [0.1, 0.15) is 5.52 Å². The van der Waals surface area contributed by atoms with Crippen molar-refractivity contribution in [3.8, 4) is 0 Å². The van der Waals surface area contributed by atoms with Gasteiger partial charge >= 0.3 is 6.03 Å². The Bertz CT molecular complexity index is 1330. The third-order valence-electron chi connectivity index (χ3n) is 4.80. The lowest BCUT2D eigenvalue weighted by Gasteiger charge is -2.18. The first-order chi connectivity index (χ1) is 13.7. The molecular formula is C22H17N5O. The third kappa shape index (κ3) is 2.72. The van der Waals surface area contributed by atoms with Gasteiger partial charge in [-0.2, -0.15) is 0 Å². The molecule has 0 aliphatic carbocycles. The summed E-state index contributed by atoms with van der Waals surface area (Å²) in [5, 5.41) is 3.87. The van der Waals surface area contributed by atoms with E-state index in [2.05, 4.69) is 15.3 Å². The maximum atomic E-state index is 12.6. The Morgan fingerprint density at radius 3 is 2.43 bits per heavy atom. The third-order valence-corrected chi connectivity index (χ3v) is 4.80. The summed E-state index contributed by atoms with van der Waals surface area (Å²) in [6, 6.07) is 22.8. The summed E-state index contributed by atoms with van der Waals surface area (Å²) in [4.78, 5) is 26.9. The van der Waals surface area contributed by atoms with Gasteiger partial charge in [-0.15, -0.1) is 0 Å². The molecule has 2 heterocycles. The fourth-order valence-corrected chi connectivity index (χ4v) is 3.31. The highest BCUT2D eigenvalue weighted by Crippen LogP contribution is 2.27. The molecule has 0 aliphatic rings. The van der Waals surface area contributed by atoms with Crippen LogP contribution in [-0.2, 0) is 0 Å². The van der Waals surface area contributed by atoms with Gasteiger partial charge < -0.3 is 10.3 Å². The van der Waals surface area contributed by atoms with E-state index < -0.39 is 0 Å². The summed E-state index contributed by atoms with van der Waals surface area (Å²) in [7, 11) is 1.74. The molecule has 0 atom stereocenters. The molecule has 6 nitrogen and oxygen atoms in total. The van der Waals surface area contributed by atoms with E-state index in [0.29, 0.717) is 5.69 Å². The number of rotatable bonds is 2. The van der Waals surface area contributed by atoms with Gasteiger partial charge in [0, 0.05) is 29.3 Å². The Morgan fingerprint density at radius 2 is 1.64 bits per heavy atom. The Kier molecular flexibility index (Phi) is 3.69. The predicted octanol–water partition coefficient (Wildman–Crippen LogP) is 4.93. The van der Waals surface area contributed by atoms with Crippen molar-refractivity contribution in [2.75, 3.05) is 17.3 Å². The molecule has 2 amide bonds. The maximum absolute atomic E-state index is 12.6. The van der Waals surface area contributed by atoms with Gasteiger partial charge in [-0.25, -0.2) is 14.8 Å². The van der Waals surface area contributed by atoms with E-state index in [-0.39, 0.29) is 6.03 Å². The predicted molar refractivity (Wildman–Crippen MR) is 113 cm³/mol. The number of anilines is 2. The van der Waals surface area contributed by atoms with Gasteiger partial charge in [-0.3, -0.25) is 4.90 Å². The molecule has 28 heavy (non-hydrogen) atoms. The number of para-hydroxylation sites is 3. The Labute approximate surface area is 160 Å². The molecule has 0 spiro atoms. The molecule has 5 rings (SSSR count). The number of H-pyrrole nitrogens is 1. The zero-order chi connectivity index (χ0) is 19.1. The lowest BCUT2D eigenvalue weighted by atomic mass is 10.2. The van der Waals surface area contributed by atoms with Gasteiger partial charge in [0.25, 0.3) is 0 Å². The monoisotopic (exact) mass is 367 g/mol. The van der Waals surface area contributed by atoms with E-state index in [1.165, 1.54) is 0 Å². The first-order valence-electron chi connectivity index (χ1n) is 8.97. The number of carbonyl (C=O) groups excluding carboxylic acids is 1. The molecule has 0 radical (unpaired) electrons. The number of nitrogens with one attached hydrogen (secondary N) is 2. The van der Waals surface area contributed by atoms with Crippen molar-refractivity contribution in [2.45, 2.75) is 0 Å². The van der Waals surface area contributed by atoms with Crippen LogP contribution in [0.25, 0.3) is 33.1 Å². The highest BCUT2D eigenvalue weighted by atomic mass is 16.2. The van der Waals surface area contributed by atoms with E-state index >= 15 is 0 Å². The van der Waals surface area contributed by atoms with Crippen molar-refractivity contribution < 1.29 is 4.79 Å². The number of hydrogen-bond acceptors (Lipinski definition) is 3. The van der Waals surface area contributed by atoms with Crippen molar-refractivity contribution in [3.63, 3.8) is 0 Å². The van der Waals surface area contributed by atoms with E-state index in [0.717, 1.165) is 38.8 Å². The molecule has 2 N–H and O–H groups in total. The molecule has 6 heteroatoms. The number of carbonyl (C=O) groups is 1. The highest BCUT2D eigenvalue weighted by Gasteiger charge is 2.13. The second kappa shape index (κ2) is 6.35. The molecule has 5 aromatic rings. The average molecular weight is 367 g/mol. The minimum atomic E-state index is -0.207. The number of aromatic amines is 1. The van der Waals surface area contributed by atoms with E-state index in [4.69, 9.17) is 4.98 Å². The number of hydrogen-bond donors (Lipinski definition) is 2. The summed E-state index contributed by atoms with van der Waals surface area (Å²) in [6.45, 7) is 0. The van der Waals surface area contributed by atoms with Crippen molar-refractivity contribution in [1.82, 2.24) is 15.0 Å². The molecular weight excluding hydrogens is 350 g/mol. The Morgan fingerprint density at radius 1 is 0.929 bits per heavy atom. The first-order valence-corrected chi connectivity index (χ1v) is 8.97. The van der Waals surface area contributed by atoms with Crippen LogP contribution in [0.2, 0.25) is 0 Å². The van der Waals surface area contributed by atoms with Crippen LogP contribution in [0.3, 0.4) is 0 Å². The summed E-state index contributed by atoms with van der Waals surface area (Å²) < 4.78 is 0. The van der Waals surface area contributed by atoms with Crippen molar-refractivity contribution in [3.05, 3.63) is 72.8 Å². The lowest BCUT2D eigenvalue weighted by molar-refractivity contribution is 0.258. The normalized spacial score (nSPS) is 11.2. The fourth-order valence-electron chi connectivity index (χ4n) is 3.31. The summed E-state index contributed by atoms with van der Waals surface area (Å²) >= 11 is 0. The van der Waals surface area contributed by atoms with Crippen LogP contribution in [0.15, 0.2) is 72.8 Å². The highest BCUT2D eigenvalue weighted by molar-refractivity contribution is 6.08. The molecule has 0 fully saturated rings. The standard InChI is InChI=1S/C22H17N5O/c1-27(15-7-3-2-4-8-15)22(28)23-14-11-12-17-16(13-14)20-21(25-17)26-19-10-6-5-9-18(19)24-20/h2-13H,1H3,(H,23,28)(H,25,26). The zero-order valence-corrected chi connectivity index (χ0v) is 15.2. The molecule has 136 valence electrons. The topological polar surface area (TPSA) is 73.9 Å². The number of aromatic nitrogens is 3. The minimum Gasteiger partial charge on any atom is -0.338 e. The average Bonchev–Trinajstić information content (AvgIpc) is 3.09. The van der Waals surface area contributed by atoms with Crippen molar-refractivity contribution in [1.29, 1.82) is 0 Å². The van der Waals surface area contributed by atoms with Crippen LogP contribution in [0, 0.1) is 0 Å². The summed E-state index contributed by atoms with van der Waals surface area (Å²) in [5.41, 5.74) is 5.68. The molecule has 0 unspecified atom stereocenters. The van der Waals surface area contributed by atoms with Gasteiger partial charge in [-0.05, 0) is 42.5 Å². The Balaban J connectivity index is 1.52. The second-order valence-corrected chi connectivity index (χ2v) is 6.62. The number of urea groups is 1. The second-order valence-electron chi connectivity index (χ2n) is 6.62.